The molecule has 1 atom stereocenters. The lowest BCUT2D eigenvalue weighted by Gasteiger charge is -2.15. The molecule has 1 saturated heterocycles. The number of aliphatic hydroxyl groups excluding tert-OH is 1. The van der Waals surface area contributed by atoms with Gasteiger partial charge < -0.3 is 9.84 Å². The van der Waals surface area contributed by atoms with Gasteiger partial charge in [-0.3, -0.25) is 0 Å². The van der Waals surface area contributed by atoms with Gasteiger partial charge in [-0.05, 0) is 6.32 Å². The van der Waals surface area contributed by atoms with E-state index in [0.717, 1.165) is 6.32 Å². The van der Waals surface area contributed by atoms with Gasteiger partial charge in [0, 0.05) is 6.61 Å². The molecule has 0 aromatic rings. The van der Waals surface area contributed by atoms with Gasteiger partial charge in [0.1, 0.15) is 13.6 Å². The van der Waals surface area contributed by atoms with Gasteiger partial charge >= 0.3 is 0 Å². The first-order valence-corrected chi connectivity index (χ1v) is 2.51. The van der Waals surface area contributed by atoms with Gasteiger partial charge in [-0.25, -0.2) is 0 Å². The Kier molecular flexibility index (Phi) is 1.71. The molecule has 1 aliphatic heterocycles. The van der Waals surface area contributed by atoms with Crippen molar-refractivity contribution in [2.45, 2.75) is 18.9 Å². The van der Waals surface area contributed by atoms with E-state index in [0.29, 0.717) is 12.9 Å². The number of ether oxygens (including phenoxy) is 1. The number of aliphatic hydroxyl groups is 1. The third-order valence-electron chi connectivity index (χ3n) is 1.00. The van der Waals surface area contributed by atoms with Crippen LogP contribution >= 0.6 is 0 Å². The fourth-order valence-electron chi connectivity index (χ4n) is 0.616. The van der Waals surface area contributed by atoms with E-state index in [9.17, 15) is 0 Å². The van der Waals surface area contributed by atoms with Crippen molar-refractivity contribution in [1.29, 1.82) is 0 Å². The summed E-state index contributed by atoms with van der Waals surface area (Å²) in [7, 11) is 2.04. The van der Waals surface area contributed by atoms with Crippen LogP contribution < -0.4 is 0 Å². The molecule has 0 saturated carbocycles. The van der Waals surface area contributed by atoms with Gasteiger partial charge in [0.15, 0.2) is 0 Å². The quantitative estimate of drug-likeness (QED) is 0.429. The van der Waals surface area contributed by atoms with Crippen molar-refractivity contribution in [2.24, 2.45) is 0 Å². The van der Waals surface area contributed by atoms with Crippen molar-refractivity contribution in [3.63, 3.8) is 0 Å². The van der Waals surface area contributed by atoms with E-state index in [-0.39, 0.29) is 0 Å². The Bertz CT molecular complexity index is 51.7. The molecule has 1 unspecified atom stereocenters. The summed E-state index contributed by atoms with van der Waals surface area (Å²) in [5.41, 5.74) is 0. The topological polar surface area (TPSA) is 29.5 Å². The molecule has 1 heterocycles. The van der Waals surface area contributed by atoms with Gasteiger partial charge in [0.05, 0.1) is 0 Å². The summed E-state index contributed by atoms with van der Waals surface area (Å²) in [6, 6.07) is 0. The standard InChI is InChI=1S/C4H8BO2/c6-4-3-5-1-2-7-4/h4,6H,1-3H2. The Morgan fingerprint density at radius 2 is 2.57 bits per heavy atom. The van der Waals surface area contributed by atoms with Crippen LogP contribution in [0, 0.1) is 0 Å². The van der Waals surface area contributed by atoms with Crippen molar-refractivity contribution in [1.82, 2.24) is 0 Å². The van der Waals surface area contributed by atoms with Crippen molar-refractivity contribution in [2.75, 3.05) is 6.61 Å². The lowest BCUT2D eigenvalue weighted by Crippen LogP contribution is -2.21. The van der Waals surface area contributed by atoms with Crippen LogP contribution in [0.2, 0.25) is 12.6 Å². The molecular formula is C4H8BO2. The minimum Gasteiger partial charge on any atom is -0.369 e. The maximum absolute atomic E-state index is 8.66. The monoisotopic (exact) mass is 99.1 g/mol. The van der Waals surface area contributed by atoms with E-state index in [1.807, 2.05) is 7.28 Å². The van der Waals surface area contributed by atoms with Gasteiger partial charge in [-0.2, -0.15) is 0 Å². The Morgan fingerprint density at radius 1 is 1.71 bits per heavy atom. The normalized spacial score (nSPS) is 31.9. The second kappa shape index (κ2) is 2.33. The molecule has 1 rings (SSSR count). The van der Waals surface area contributed by atoms with E-state index < -0.39 is 6.29 Å². The van der Waals surface area contributed by atoms with Crippen molar-refractivity contribution in [3.8, 4) is 0 Å². The van der Waals surface area contributed by atoms with Crippen LogP contribution in [0.25, 0.3) is 0 Å². The zero-order valence-electron chi connectivity index (χ0n) is 4.13. The van der Waals surface area contributed by atoms with Crippen molar-refractivity contribution in [3.05, 3.63) is 0 Å². The molecule has 7 heavy (non-hydrogen) atoms. The predicted octanol–water partition coefficient (Wildman–Crippen LogP) is -0.124. The molecule has 39 valence electrons. The molecule has 0 aliphatic carbocycles. The Labute approximate surface area is 43.7 Å². The minimum absolute atomic E-state index is 0.520. The van der Waals surface area contributed by atoms with Crippen LogP contribution in [0.1, 0.15) is 0 Å². The van der Waals surface area contributed by atoms with Crippen LogP contribution in [0.3, 0.4) is 0 Å². The van der Waals surface area contributed by atoms with Crippen LogP contribution in [0.15, 0.2) is 0 Å². The summed E-state index contributed by atoms with van der Waals surface area (Å²) < 4.78 is 4.80. The summed E-state index contributed by atoms with van der Waals surface area (Å²) in [5, 5.41) is 8.66. The zero-order valence-corrected chi connectivity index (χ0v) is 4.13. The van der Waals surface area contributed by atoms with Crippen LogP contribution in [-0.4, -0.2) is 25.3 Å². The summed E-state index contributed by atoms with van der Waals surface area (Å²) >= 11 is 0. The first-order valence-electron chi connectivity index (χ1n) is 2.51. The van der Waals surface area contributed by atoms with Gasteiger partial charge in [-0.15, -0.1) is 0 Å². The average Bonchev–Trinajstić information content (AvgIpc) is 1.69. The van der Waals surface area contributed by atoms with Crippen molar-refractivity contribution < 1.29 is 9.84 Å². The third kappa shape index (κ3) is 1.49. The van der Waals surface area contributed by atoms with E-state index in [2.05, 4.69) is 0 Å². The maximum atomic E-state index is 8.66. The summed E-state index contributed by atoms with van der Waals surface area (Å²) in [6.07, 6.45) is 1.16. The molecule has 1 fully saturated rings. The minimum atomic E-state index is -0.520. The molecule has 2 nitrogen and oxygen atoms in total. The molecule has 0 aromatic heterocycles. The van der Waals surface area contributed by atoms with E-state index in [1.54, 1.807) is 0 Å². The molecule has 0 aromatic carbocycles. The predicted molar refractivity (Wildman–Crippen MR) is 27.3 cm³/mol. The SMILES string of the molecule is OC1C[B]CCO1. The van der Waals surface area contributed by atoms with E-state index in [4.69, 9.17) is 9.84 Å². The highest BCUT2D eigenvalue weighted by Gasteiger charge is 2.08. The van der Waals surface area contributed by atoms with Crippen LogP contribution in [0.4, 0.5) is 0 Å². The molecule has 1 aliphatic rings. The van der Waals surface area contributed by atoms with E-state index >= 15 is 0 Å². The highest BCUT2D eigenvalue weighted by Crippen LogP contribution is 2.03. The lowest BCUT2D eigenvalue weighted by atomic mass is 9.70. The van der Waals surface area contributed by atoms with Gasteiger partial charge in [0.2, 0.25) is 0 Å². The highest BCUT2D eigenvalue weighted by atomic mass is 16.6. The van der Waals surface area contributed by atoms with Crippen molar-refractivity contribution >= 4 is 7.28 Å². The number of hydrogen-bond acceptors (Lipinski definition) is 2. The first kappa shape index (κ1) is 5.13. The molecule has 0 amide bonds. The van der Waals surface area contributed by atoms with Crippen LogP contribution in [0.5, 0.6) is 0 Å². The fourth-order valence-corrected chi connectivity index (χ4v) is 0.616. The summed E-state index contributed by atoms with van der Waals surface area (Å²) in [5.74, 6) is 0. The second-order valence-corrected chi connectivity index (χ2v) is 1.64. The molecule has 0 spiro atoms. The summed E-state index contributed by atoms with van der Waals surface area (Å²) in [4.78, 5) is 0. The molecular weight excluding hydrogens is 90.9 g/mol. The van der Waals surface area contributed by atoms with Crippen LogP contribution in [-0.2, 0) is 4.74 Å². The third-order valence-corrected chi connectivity index (χ3v) is 1.00. The molecule has 1 radical (unpaired) electrons. The van der Waals surface area contributed by atoms with E-state index in [1.165, 1.54) is 0 Å². The Morgan fingerprint density at radius 3 is 2.86 bits per heavy atom. The van der Waals surface area contributed by atoms with Gasteiger partial charge in [0.25, 0.3) is 0 Å². The second-order valence-electron chi connectivity index (χ2n) is 1.64. The number of rotatable bonds is 0. The maximum Gasteiger partial charge on any atom is 0.147 e. The molecule has 0 bridgehead atoms. The Hall–Kier alpha value is -0.0151. The zero-order chi connectivity index (χ0) is 5.11. The highest BCUT2D eigenvalue weighted by molar-refractivity contribution is 6.35. The van der Waals surface area contributed by atoms with Gasteiger partial charge in [-0.1, -0.05) is 6.32 Å². The first-order chi connectivity index (χ1) is 3.39. The summed E-state index contributed by atoms with van der Waals surface area (Å²) in [6.45, 7) is 0.682. The smallest absolute Gasteiger partial charge is 0.147 e. The lowest BCUT2D eigenvalue weighted by molar-refractivity contribution is -0.0859. The fraction of sp³-hybridized carbons (Fsp3) is 1.00. The Balaban J connectivity index is 2.12. The molecule has 1 N–H and O–H groups in total. The largest absolute Gasteiger partial charge is 0.369 e. The average molecular weight is 98.9 g/mol. The molecule has 3 heteroatoms. The number of hydrogen-bond donors (Lipinski definition) is 1.